The normalized spacial score (nSPS) is 14.5. The number of rotatable bonds is 5. The van der Waals surface area contributed by atoms with Gasteiger partial charge in [0.25, 0.3) is 5.91 Å². The van der Waals surface area contributed by atoms with Crippen LogP contribution in [0, 0.1) is 0 Å². The van der Waals surface area contributed by atoms with Crippen molar-refractivity contribution in [3.8, 4) is 0 Å². The maximum Gasteiger partial charge on any atom is 0.253 e. The van der Waals surface area contributed by atoms with Gasteiger partial charge in [0.1, 0.15) is 0 Å². The average molecular weight is 465 g/mol. The van der Waals surface area contributed by atoms with E-state index in [1.165, 1.54) is 5.56 Å². The Hall–Kier alpha value is -2.70. The Morgan fingerprint density at radius 3 is 2.23 bits per heavy atom. The molecule has 3 aromatic rings. The summed E-state index contributed by atoms with van der Waals surface area (Å²) in [5, 5.41) is 0. The molecule has 30 heavy (non-hydrogen) atoms. The second-order valence-corrected chi connectivity index (χ2v) is 8.33. The molecule has 1 aromatic heterocycles. The molecule has 1 aliphatic heterocycles. The molecule has 2 heterocycles. The summed E-state index contributed by atoms with van der Waals surface area (Å²) in [7, 11) is 2.01. The van der Waals surface area contributed by atoms with E-state index in [1.807, 2.05) is 54.4 Å². The molecule has 1 saturated heterocycles. The van der Waals surface area contributed by atoms with Crippen LogP contribution in [0.4, 0.5) is 11.4 Å². The molecule has 0 atom stereocenters. The molecular weight excluding hydrogens is 440 g/mol. The van der Waals surface area contributed by atoms with Crippen LogP contribution in [0.25, 0.3) is 0 Å². The van der Waals surface area contributed by atoms with Gasteiger partial charge in [0.05, 0.1) is 0 Å². The lowest BCUT2D eigenvalue weighted by Gasteiger charge is -2.35. The van der Waals surface area contributed by atoms with Crippen LogP contribution in [0.3, 0.4) is 0 Å². The van der Waals surface area contributed by atoms with Crippen molar-refractivity contribution in [3.05, 3.63) is 88.7 Å². The van der Waals surface area contributed by atoms with Crippen LogP contribution in [-0.4, -0.2) is 53.9 Å². The fourth-order valence-corrected chi connectivity index (χ4v) is 4.11. The first-order chi connectivity index (χ1) is 14.6. The van der Waals surface area contributed by atoms with Gasteiger partial charge in [-0.2, -0.15) is 0 Å². The molecule has 0 aliphatic carbocycles. The predicted molar refractivity (Wildman–Crippen MR) is 124 cm³/mol. The van der Waals surface area contributed by atoms with E-state index in [4.69, 9.17) is 0 Å². The second-order valence-electron chi connectivity index (χ2n) is 7.47. The maximum absolute atomic E-state index is 12.9. The first-order valence-corrected chi connectivity index (χ1v) is 10.9. The summed E-state index contributed by atoms with van der Waals surface area (Å²) in [4.78, 5) is 23.4. The number of pyridine rings is 1. The van der Waals surface area contributed by atoms with E-state index in [1.54, 1.807) is 12.4 Å². The van der Waals surface area contributed by atoms with E-state index in [9.17, 15) is 4.79 Å². The van der Waals surface area contributed by atoms with Crippen LogP contribution < -0.4 is 4.90 Å². The second kappa shape index (κ2) is 9.41. The molecular formula is C24H25BrN4O. The van der Waals surface area contributed by atoms with E-state index in [0.717, 1.165) is 54.1 Å². The Bertz CT molecular complexity index is 986. The van der Waals surface area contributed by atoms with Gasteiger partial charge in [-0.3, -0.25) is 14.7 Å². The van der Waals surface area contributed by atoms with E-state index in [2.05, 4.69) is 48.9 Å². The van der Waals surface area contributed by atoms with Gasteiger partial charge >= 0.3 is 0 Å². The Kier molecular flexibility index (Phi) is 6.45. The highest BCUT2D eigenvalue weighted by molar-refractivity contribution is 9.10. The van der Waals surface area contributed by atoms with Crippen LogP contribution in [0.2, 0.25) is 0 Å². The topological polar surface area (TPSA) is 39.7 Å². The smallest absolute Gasteiger partial charge is 0.253 e. The minimum absolute atomic E-state index is 0.105. The van der Waals surface area contributed by atoms with Gasteiger partial charge in [0.2, 0.25) is 0 Å². The van der Waals surface area contributed by atoms with Crippen molar-refractivity contribution in [1.29, 1.82) is 0 Å². The number of anilines is 2. The minimum Gasteiger partial charge on any atom is -0.345 e. The summed E-state index contributed by atoms with van der Waals surface area (Å²) in [6, 6.07) is 20.1. The molecule has 1 aliphatic rings. The van der Waals surface area contributed by atoms with Crippen molar-refractivity contribution in [2.24, 2.45) is 0 Å². The molecule has 0 radical (unpaired) electrons. The fourth-order valence-electron chi connectivity index (χ4n) is 3.70. The summed E-state index contributed by atoms with van der Waals surface area (Å²) in [5.74, 6) is 0.105. The molecule has 0 N–H and O–H groups in total. The first-order valence-electron chi connectivity index (χ1n) is 10.1. The maximum atomic E-state index is 12.9. The monoisotopic (exact) mass is 464 g/mol. The number of hydrogen-bond acceptors (Lipinski definition) is 4. The number of carbonyl (C=O) groups excluding carboxylic acids is 1. The van der Waals surface area contributed by atoms with Crippen molar-refractivity contribution < 1.29 is 4.79 Å². The van der Waals surface area contributed by atoms with E-state index in [0.29, 0.717) is 0 Å². The van der Waals surface area contributed by atoms with Gasteiger partial charge in [0.15, 0.2) is 0 Å². The highest BCUT2D eigenvalue weighted by atomic mass is 79.9. The third-order valence-electron chi connectivity index (χ3n) is 5.56. The lowest BCUT2D eigenvalue weighted by molar-refractivity contribution is 0.0628. The van der Waals surface area contributed by atoms with E-state index >= 15 is 0 Å². The van der Waals surface area contributed by atoms with Crippen LogP contribution in [0.1, 0.15) is 15.9 Å². The van der Waals surface area contributed by atoms with Crippen molar-refractivity contribution >= 4 is 33.2 Å². The molecule has 0 bridgehead atoms. The zero-order valence-corrected chi connectivity index (χ0v) is 18.6. The van der Waals surface area contributed by atoms with Crippen LogP contribution in [-0.2, 0) is 6.54 Å². The summed E-state index contributed by atoms with van der Waals surface area (Å²) >= 11 is 3.62. The molecule has 5 nitrogen and oxygen atoms in total. The summed E-state index contributed by atoms with van der Waals surface area (Å²) in [6.07, 6.45) is 3.56. The molecule has 4 rings (SSSR count). The average Bonchev–Trinajstić information content (AvgIpc) is 2.81. The molecule has 1 fully saturated rings. The Balaban J connectivity index is 1.34. The van der Waals surface area contributed by atoms with Crippen LogP contribution >= 0.6 is 15.9 Å². The first kappa shape index (κ1) is 20.6. The Morgan fingerprint density at radius 2 is 1.57 bits per heavy atom. The van der Waals surface area contributed by atoms with Gasteiger partial charge in [-0.25, -0.2) is 0 Å². The molecule has 1 amide bonds. The minimum atomic E-state index is 0.105. The number of aromatic nitrogens is 1. The predicted octanol–water partition coefficient (Wildman–Crippen LogP) is 4.57. The molecule has 154 valence electrons. The van der Waals surface area contributed by atoms with Crippen molar-refractivity contribution in [1.82, 2.24) is 14.8 Å². The number of amides is 1. The van der Waals surface area contributed by atoms with Gasteiger partial charge in [-0.15, -0.1) is 0 Å². The summed E-state index contributed by atoms with van der Waals surface area (Å²) < 4.78 is 1.14. The van der Waals surface area contributed by atoms with E-state index in [-0.39, 0.29) is 5.91 Å². The number of hydrogen-bond donors (Lipinski definition) is 0. The highest BCUT2D eigenvalue weighted by Crippen LogP contribution is 2.24. The number of piperazine rings is 1. The Morgan fingerprint density at radius 1 is 0.933 bits per heavy atom. The quantitative estimate of drug-likeness (QED) is 0.554. The van der Waals surface area contributed by atoms with Crippen molar-refractivity contribution in [3.63, 3.8) is 0 Å². The fraction of sp³-hybridized carbons (Fsp3) is 0.250. The van der Waals surface area contributed by atoms with Gasteiger partial charge in [-0.1, -0.05) is 34.1 Å². The number of halogens is 1. The lowest BCUT2D eigenvalue weighted by Crippen LogP contribution is -2.48. The highest BCUT2D eigenvalue weighted by Gasteiger charge is 2.22. The van der Waals surface area contributed by atoms with E-state index < -0.39 is 0 Å². The van der Waals surface area contributed by atoms with Crippen molar-refractivity contribution in [2.45, 2.75) is 6.54 Å². The van der Waals surface area contributed by atoms with Gasteiger partial charge in [-0.05, 0) is 48.0 Å². The molecule has 2 aromatic carbocycles. The number of carbonyl (C=O) groups is 1. The van der Waals surface area contributed by atoms with Gasteiger partial charge in [0, 0.05) is 73.6 Å². The SMILES string of the molecule is CN(c1ccncc1)c1ccc(C(=O)N2CCN(Cc3ccccc3Br)CC2)cc1. The summed E-state index contributed by atoms with van der Waals surface area (Å²) in [5.41, 5.74) is 4.12. The Labute approximate surface area is 186 Å². The molecule has 0 unspecified atom stereocenters. The van der Waals surface area contributed by atoms with Crippen molar-refractivity contribution in [2.75, 3.05) is 38.1 Å². The van der Waals surface area contributed by atoms with Gasteiger partial charge < -0.3 is 9.80 Å². The molecule has 0 spiro atoms. The third-order valence-corrected chi connectivity index (χ3v) is 6.34. The lowest BCUT2D eigenvalue weighted by atomic mass is 10.1. The van der Waals surface area contributed by atoms with Crippen LogP contribution in [0.5, 0.6) is 0 Å². The standard InChI is InChI=1S/C24H25BrN4O/c1-27(22-10-12-26-13-11-22)21-8-6-19(7-9-21)24(30)29-16-14-28(15-17-29)18-20-4-2-3-5-23(20)25/h2-13H,14-18H2,1H3. The molecule has 0 saturated carbocycles. The summed E-state index contributed by atoms with van der Waals surface area (Å²) in [6.45, 7) is 4.18. The third kappa shape index (κ3) is 4.71. The number of nitrogens with zero attached hydrogens (tertiary/aromatic N) is 4. The zero-order chi connectivity index (χ0) is 20.9. The molecule has 6 heteroatoms. The van der Waals surface area contributed by atoms with Crippen LogP contribution in [0.15, 0.2) is 77.5 Å². The number of benzene rings is 2. The zero-order valence-electron chi connectivity index (χ0n) is 17.0. The largest absolute Gasteiger partial charge is 0.345 e.